The summed E-state index contributed by atoms with van der Waals surface area (Å²) in [4.78, 5) is 24.6. The Labute approximate surface area is 183 Å². The molecule has 168 valence electrons. The number of carbonyl (C=O) groups is 2. The maximum Gasteiger partial charge on any atom is 0.338 e. The quantitative estimate of drug-likeness (QED) is 0.571. The molecule has 0 bridgehead atoms. The van der Waals surface area contributed by atoms with Gasteiger partial charge in [-0.3, -0.25) is 4.79 Å². The fourth-order valence-corrected chi connectivity index (χ4v) is 4.15. The second kappa shape index (κ2) is 10.4. The fraction of sp³-hybridized carbons (Fsp3) is 0.364. The summed E-state index contributed by atoms with van der Waals surface area (Å²) in [7, 11) is -2.57. The molecule has 1 atom stereocenters. The molecule has 0 aliphatic carbocycles. The lowest BCUT2D eigenvalue weighted by atomic mass is 10.1. The summed E-state index contributed by atoms with van der Waals surface area (Å²) in [5, 5.41) is 2.71. The highest BCUT2D eigenvalue weighted by molar-refractivity contribution is 7.89. The largest absolute Gasteiger partial charge is 0.495 e. The second-order valence-electron chi connectivity index (χ2n) is 7.39. The molecule has 2 rings (SSSR count). The SMILES string of the molecule is COc1ccc(C(=O)OC(C)C(=O)NCc2ccc(C)cc2)cc1S(=O)(=O)NC(C)C. The summed E-state index contributed by atoms with van der Waals surface area (Å²) in [6, 6.07) is 11.3. The van der Waals surface area contributed by atoms with Crippen LogP contribution >= 0.6 is 0 Å². The number of hydrogen-bond donors (Lipinski definition) is 2. The molecule has 0 radical (unpaired) electrons. The number of esters is 1. The van der Waals surface area contributed by atoms with E-state index in [0.717, 1.165) is 11.1 Å². The molecule has 0 aliphatic heterocycles. The molecule has 8 nitrogen and oxygen atoms in total. The zero-order valence-electron chi connectivity index (χ0n) is 18.3. The van der Waals surface area contributed by atoms with Crippen LogP contribution in [0.15, 0.2) is 47.4 Å². The summed E-state index contributed by atoms with van der Waals surface area (Å²) < 4.78 is 37.9. The molecular weight excluding hydrogens is 420 g/mol. The first-order valence-corrected chi connectivity index (χ1v) is 11.3. The minimum absolute atomic E-state index is 0.0110. The fourth-order valence-electron chi connectivity index (χ4n) is 2.71. The third kappa shape index (κ3) is 6.80. The number of carbonyl (C=O) groups excluding carboxylic acids is 2. The molecular formula is C22H28N2O6S. The van der Waals surface area contributed by atoms with E-state index in [1.54, 1.807) is 13.8 Å². The number of ether oxygens (including phenoxy) is 2. The first-order chi connectivity index (χ1) is 14.5. The van der Waals surface area contributed by atoms with Gasteiger partial charge in [-0.1, -0.05) is 29.8 Å². The molecule has 0 saturated heterocycles. The van der Waals surface area contributed by atoms with Gasteiger partial charge >= 0.3 is 5.97 Å². The minimum atomic E-state index is -3.91. The predicted octanol–water partition coefficient (Wildman–Crippen LogP) is 2.55. The Morgan fingerprint density at radius 1 is 1.03 bits per heavy atom. The first-order valence-electron chi connectivity index (χ1n) is 9.78. The van der Waals surface area contributed by atoms with Gasteiger partial charge in [-0.15, -0.1) is 0 Å². The van der Waals surface area contributed by atoms with E-state index in [0.29, 0.717) is 6.54 Å². The maximum atomic E-state index is 12.6. The van der Waals surface area contributed by atoms with Crippen LogP contribution in [0.25, 0.3) is 0 Å². The molecule has 1 amide bonds. The zero-order chi connectivity index (χ0) is 23.2. The lowest BCUT2D eigenvalue weighted by Gasteiger charge is -2.16. The molecule has 1 unspecified atom stereocenters. The topological polar surface area (TPSA) is 111 Å². The minimum Gasteiger partial charge on any atom is -0.495 e. The zero-order valence-corrected chi connectivity index (χ0v) is 19.1. The van der Waals surface area contributed by atoms with Crippen LogP contribution in [0.4, 0.5) is 0 Å². The van der Waals surface area contributed by atoms with E-state index in [-0.39, 0.29) is 22.3 Å². The third-order valence-corrected chi connectivity index (χ3v) is 6.00. The van der Waals surface area contributed by atoms with Crippen LogP contribution in [-0.2, 0) is 26.1 Å². The van der Waals surface area contributed by atoms with Crippen LogP contribution in [0, 0.1) is 6.92 Å². The Morgan fingerprint density at radius 2 is 1.68 bits per heavy atom. The van der Waals surface area contributed by atoms with Gasteiger partial charge in [0.1, 0.15) is 10.6 Å². The van der Waals surface area contributed by atoms with E-state index < -0.39 is 28.0 Å². The highest BCUT2D eigenvalue weighted by Gasteiger charge is 2.24. The van der Waals surface area contributed by atoms with Crippen molar-refractivity contribution in [2.75, 3.05) is 7.11 Å². The normalized spacial score (nSPS) is 12.3. The molecule has 0 fully saturated rings. The van der Waals surface area contributed by atoms with E-state index in [9.17, 15) is 18.0 Å². The number of sulfonamides is 1. The molecule has 2 aromatic carbocycles. The van der Waals surface area contributed by atoms with Gasteiger partial charge < -0.3 is 14.8 Å². The monoisotopic (exact) mass is 448 g/mol. The van der Waals surface area contributed by atoms with Crippen LogP contribution in [0.3, 0.4) is 0 Å². The lowest BCUT2D eigenvalue weighted by molar-refractivity contribution is -0.129. The van der Waals surface area contributed by atoms with Gasteiger partial charge in [-0.2, -0.15) is 0 Å². The number of methoxy groups -OCH3 is 1. The summed E-state index contributed by atoms with van der Waals surface area (Å²) in [5.41, 5.74) is 2.02. The molecule has 31 heavy (non-hydrogen) atoms. The van der Waals surface area contributed by atoms with E-state index in [1.807, 2.05) is 31.2 Å². The Balaban J connectivity index is 2.09. The average molecular weight is 449 g/mol. The number of benzene rings is 2. The smallest absolute Gasteiger partial charge is 0.338 e. The lowest BCUT2D eigenvalue weighted by Crippen LogP contribution is -2.35. The van der Waals surface area contributed by atoms with Crippen molar-refractivity contribution in [3.8, 4) is 5.75 Å². The number of aryl methyl sites for hydroxylation is 1. The van der Waals surface area contributed by atoms with Crippen LogP contribution in [-0.4, -0.2) is 39.5 Å². The second-order valence-corrected chi connectivity index (χ2v) is 9.07. The van der Waals surface area contributed by atoms with Crippen molar-refractivity contribution in [2.45, 2.75) is 51.3 Å². The van der Waals surface area contributed by atoms with Gasteiger partial charge in [-0.05, 0) is 51.5 Å². The van der Waals surface area contributed by atoms with Crippen LogP contribution in [0.2, 0.25) is 0 Å². The van der Waals surface area contributed by atoms with Crippen molar-refractivity contribution in [2.24, 2.45) is 0 Å². The molecule has 9 heteroatoms. The standard InChI is InChI=1S/C22H28N2O6S/c1-14(2)24-31(27,28)20-12-18(10-11-19(20)29-5)22(26)30-16(4)21(25)23-13-17-8-6-15(3)7-9-17/h6-12,14,16,24H,13H2,1-5H3,(H,23,25). The van der Waals surface area contributed by atoms with Gasteiger partial charge in [-0.25, -0.2) is 17.9 Å². The molecule has 0 aromatic heterocycles. The van der Waals surface area contributed by atoms with E-state index >= 15 is 0 Å². The molecule has 0 spiro atoms. The molecule has 0 aliphatic rings. The molecule has 2 N–H and O–H groups in total. The van der Waals surface area contributed by atoms with Crippen molar-refractivity contribution in [3.63, 3.8) is 0 Å². The Kier molecular flexibility index (Phi) is 8.18. The average Bonchev–Trinajstić information content (AvgIpc) is 2.71. The highest BCUT2D eigenvalue weighted by Crippen LogP contribution is 2.25. The van der Waals surface area contributed by atoms with Gasteiger partial charge in [0, 0.05) is 12.6 Å². The molecule has 2 aromatic rings. The molecule has 0 heterocycles. The summed E-state index contributed by atoms with van der Waals surface area (Å²) in [6.45, 7) is 7.08. The van der Waals surface area contributed by atoms with Gasteiger partial charge in [0.15, 0.2) is 6.10 Å². The highest BCUT2D eigenvalue weighted by atomic mass is 32.2. The third-order valence-electron chi connectivity index (χ3n) is 4.32. The summed E-state index contributed by atoms with van der Waals surface area (Å²) in [6.07, 6.45) is -1.06. The van der Waals surface area contributed by atoms with Crippen LogP contribution < -0.4 is 14.8 Å². The van der Waals surface area contributed by atoms with Crippen molar-refractivity contribution in [1.82, 2.24) is 10.0 Å². The first kappa shape index (κ1) is 24.4. The van der Waals surface area contributed by atoms with Gasteiger partial charge in [0.25, 0.3) is 5.91 Å². The number of rotatable bonds is 9. The van der Waals surface area contributed by atoms with E-state index in [4.69, 9.17) is 9.47 Å². The molecule has 0 saturated carbocycles. The van der Waals surface area contributed by atoms with E-state index in [2.05, 4.69) is 10.0 Å². The van der Waals surface area contributed by atoms with Crippen molar-refractivity contribution in [3.05, 3.63) is 59.2 Å². The predicted molar refractivity (Wildman–Crippen MR) is 116 cm³/mol. The van der Waals surface area contributed by atoms with Crippen molar-refractivity contribution >= 4 is 21.9 Å². The summed E-state index contributed by atoms with van der Waals surface area (Å²) >= 11 is 0. The van der Waals surface area contributed by atoms with Gasteiger partial charge in [0.05, 0.1) is 12.7 Å². The summed E-state index contributed by atoms with van der Waals surface area (Å²) in [5.74, 6) is -1.19. The van der Waals surface area contributed by atoms with Crippen LogP contribution in [0.5, 0.6) is 5.75 Å². The van der Waals surface area contributed by atoms with Crippen molar-refractivity contribution in [1.29, 1.82) is 0 Å². The van der Waals surface area contributed by atoms with Gasteiger partial charge in [0.2, 0.25) is 10.0 Å². The maximum absolute atomic E-state index is 12.6. The van der Waals surface area contributed by atoms with Crippen LogP contribution in [0.1, 0.15) is 42.3 Å². The van der Waals surface area contributed by atoms with Crippen molar-refractivity contribution < 1.29 is 27.5 Å². The van der Waals surface area contributed by atoms with E-state index in [1.165, 1.54) is 32.2 Å². The number of amides is 1. The number of hydrogen-bond acceptors (Lipinski definition) is 6. The Bertz CT molecular complexity index is 1030. The Morgan fingerprint density at radius 3 is 2.26 bits per heavy atom. The Hall–Kier alpha value is -2.91. The number of nitrogens with one attached hydrogen (secondary N) is 2.